The van der Waals surface area contributed by atoms with Gasteiger partial charge in [0.25, 0.3) is 0 Å². The molecule has 18 heavy (non-hydrogen) atoms. The van der Waals surface area contributed by atoms with E-state index < -0.39 is 0 Å². The highest BCUT2D eigenvalue weighted by atomic mass is 79.9. The van der Waals surface area contributed by atoms with Crippen molar-refractivity contribution in [1.29, 1.82) is 0 Å². The molecule has 0 N–H and O–H groups in total. The maximum atomic E-state index is 6.20. The van der Waals surface area contributed by atoms with Gasteiger partial charge < -0.3 is 4.74 Å². The Bertz CT molecular complexity index is 437. The van der Waals surface area contributed by atoms with E-state index in [1.165, 1.54) is 12.8 Å². The first kappa shape index (κ1) is 12.5. The monoisotopic (exact) mass is 308 g/mol. The van der Waals surface area contributed by atoms with Gasteiger partial charge >= 0.3 is 0 Å². The van der Waals surface area contributed by atoms with E-state index in [1.54, 1.807) is 0 Å². The fourth-order valence-corrected chi connectivity index (χ4v) is 4.21. The second kappa shape index (κ2) is 4.26. The topological polar surface area (TPSA) is 9.23 Å². The molecule has 3 saturated carbocycles. The number of hydrogen-bond acceptors (Lipinski definition) is 1. The highest BCUT2D eigenvalue weighted by Gasteiger charge is 2.56. The van der Waals surface area contributed by atoms with Crippen LogP contribution in [0.4, 0.5) is 0 Å². The third-order valence-corrected chi connectivity index (χ3v) is 5.91. The normalized spacial score (nSPS) is 36.9. The van der Waals surface area contributed by atoms with Crippen molar-refractivity contribution >= 4 is 15.9 Å². The van der Waals surface area contributed by atoms with Gasteiger partial charge in [-0.25, -0.2) is 0 Å². The Labute approximate surface area is 118 Å². The second-order valence-electron chi connectivity index (χ2n) is 6.57. The molecule has 4 rings (SSSR count). The molecule has 2 bridgehead atoms. The Morgan fingerprint density at radius 1 is 1.17 bits per heavy atom. The van der Waals surface area contributed by atoms with Crippen molar-refractivity contribution in [2.45, 2.75) is 39.7 Å². The van der Waals surface area contributed by atoms with Crippen molar-refractivity contribution in [2.24, 2.45) is 23.2 Å². The molecule has 0 saturated heterocycles. The Balaban J connectivity index is 1.70. The minimum Gasteiger partial charge on any atom is -0.490 e. The molecule has 3 aliphatic rings. The summed E-state index contributed by atoms with van der Waals surface area (Å²) in [6.07, 6.45) is 3.04. The summed E-state index contributed by atoms with van der Waals surface area (Å²) < 4.78 is 7.30. The van der Waals surface area contributed by atoms with Gasteiger partial charge in [0.15, 0.2) is 0 Å². The van der Waals surface area contributed by atoms with E-state index in [-0.39, 0.29) is 0 Å². The molecule has 1 aromatic carbocycles. The van der Waals surface area contributed by atoms with Crippen LogP contribution >= 0.6 is 15.9 Å². The molecule has 2 heteroatoms. The molecular formula is C16H21BrO. The van der Waals surface area contributed by atoms with Gasteiger partial charge in [0.05, 0.1) is 0 Å². The minimum atomic E-state index is 0.406. The summed E-state index contributed by atoms with van der Waals surface area (Å²) in [5.41, 5.74) is 0.541. The van der Waals surface area contributed by atoms with Gasteiger partial charge in [-0.1, -0.05) is 36.7 Å². The molecule has 0 heterocycles. The van der Waals surface area contributed by atoms with E-state index in [2.05, 4.69) is 48.8 Å². The molecule has 0 aromatic heterocycles. The highest BCUT2D eigenvalue weighted by Crippen LogP contribution is 2.61. The van der Waals surface area contributed by atoms with E-state index in [9.17, 15) is 0 Å². The maximum absolute atomic E-state index is 6.20. The van der Waals surface area contributed by atoms with E-state index in [4.69, 9.17) is 4.74 Å². The zero-order valence-corrected chi connectivity index (χ0v) is 12.9. The molecule has 0 unspecified atom stereocenters. The summed E-state index contributed by atoms with van der Waals surface area (Å²) in [6.45, 7) is 7.22. The molecule has 3 fully saturated rings. The first-order valence-corrected chi connectivity index (χ1v) is 7.70. The Morgan fingerprint density at radius 3 is 2.39 bits per heavy atom. The quantitative estimate of drug-likeness (QED) is 0.755. The smallest absolute Gasteiger partial charge is 0.119 e. The van der Waals surface area contributed by atoms with Crippen LogP contribution in [0.15, 0.2) is 28.7 Å². The van der Waals surface area contributed by atoms with E-state index in [0.717, 1.165) is 22.1 Å². The van der Waals surface area contributed by atoms with Crippen LogP contribution in [-0.2, 0) is 0 Å². The largest absolute Gasteiger partial charge is 0.490 e. The predicted octanol–water partition coefficient (Wildman–Crippen LogP) is 4.90. The lowest BCUT2D eigenvalue weighted by molar-refractivity contribution is -0.147. The van der Waals surface area contributed by atoms with Gasteiger partial charge in [0.1, 0.15) is 11.9 Å². The Morgan fingerprint density at radius 2 is 1.83 bits per heavy atom. The second-order valence-corrected chi connectivity index (χ2v) is 7.48. The SMILES string of the molecule is C[C@@H]1[C@H](Oc2ccc(Br)cc2)C[C@H]2C[C@@H]1C2(C)C. The maximum Gasteiger partial charge on any atom is 0.119 e. The van der Waals surface area contributed by atoms with Gasteiger partial charge in [-0.15, -0.1) is 0 Å². The van der Waals surface area contributed by atoms with Crippen LogP contribution in [-0.4, -0.2) is 6.10 Å². The number of hydrogen-bond donors (Lipinski definition) is 0. The van der Waals surface area contributed by atoms with E-state index in [0.29, 0.717) is 17.4 Å². The molecule has 1 aromatic rings. The molecule has 1 nitrogen and oxygen atoms in total. The third-order valence-electron chi connectivity index (χ3n) is 5.39. The summed E-state index contributed by atoms with van der Waals surface area (Å²) in [5.74, 6) is 3.39. The van der Waals surface area contributed by atoms with Gasteiger partial charge in [0, 0.05) is 4.47 Å². The minimum absolute atomic E-state index is 0.406. The molecular weight excluding hydrogens is 288 g/mol. The summed E-state index contributed by atoms with van der Waals surface area (Å²) in [6, 6.07) is 8.21. The molecule has 98 valence electrons. The van der Waals surface area contributed by atoms with E-state index >= 15 is 0 Å². The molecule has 0 spiro atoms. The predicted molar refractivity (Wildman–Crippen MR) is 77.7 cm³/mol. The van der Waals surface area contributed by atoms with Crippen LogP contribution in [0.5, 0.6) is 5.75 Å². The fraction of sp³-hybridized carbons (Fsp3) is 0.625. The van der Waals surface area contributed by atoms with E-state index in [1.807, 2.05) is 12.1 Å². The standard InChI is InChI=1S/C16H21BrO/c1-10-14-8-11(16(14,2)3)9-15(10)18-13-6-4-12(17)5-7-13/h4-7,10-11,14-15H,8-9H2,1-3H3/t10-,11+,14-,15+/m0/s1. The number of rotatable bonds is 2. The van der Waals surface area contributed by atoms with Crippen LogP contribution < -0.4 is 4.74 Å². The molecule has 3 aliphatic carbocycles. The van der Waals surface area contributed by atoms with Crippen molar-refractivity contribution in [3.63, 3.8) is 0 Å². The van der Waals surface area contributed by atoms with Gasteiger partial charge in [-0.2, -0.15) is 0 Å². The lowest BCUT2D eigenvalue weighted by Crippen LogP contribution is -2.57. The van der Waals surface area contributed by atoms with Crippen molar-refractivity contribution in [3.05, 3.63) is 28.7 Å². The van der Waals surface area contributed by atoms with Crippen molar-refractivity contribution < 1.29 is 4.74 Å². The first-order valence-electron chi connectivity index (χ1n) is 6.90. The van der Waals surface area contributed by atoms with Crippen molar-refractivity contribution in [1.82, 2.24) is 0 Å². The van der Waals surface area contributed by atoms with Crippen LogP contribution in [0.3, 0.4) is 0 Å². The van der Waals surface area contributed by atoms with Crippen molar-refractivity contribution in [3.8, 4) is 5.75 Å². The summed E-state index contributed by atoms with van der Waals surface area (Å²) >= 11 is 3.46. The van der Waals surface area contributed by atoms with Crippen LogP contribution in [0.25, 0.3) is 0 Å². The van der Waals surface area contributed by atoms with Crippen molar-refractivity contribution in [2.75, 3.05) is 0 Å². The molecule has 4 atom stereocenters. The molecule has 0 amide bonds. The number of ether oxygens (including phenoxy) is 1. The number of halogens is 1. The average Bonchev–Trinajstić information content (AvgIpc) is 2.33. The van der Waals surface area contributed by atoms with Gasteiger partial charge in [-0.3, -0.25) is 0 Å². The fourth-order valence-electron chi connectivity index (χ4n) is 3.95. The molecule has 0 radical (unpaired) electrons. The van der Waals surface area contributed by atoms with Gasteiger partial charge in [-0.05, 0) is 60.3 Å². The van der Waals surface area contributed by atoms with Crippen LogP contribution in [0.1, 0.15) is 33.6 Å². The van der Waals surface area contributed by atoms with Crippen LogP contribution in [0.2, 0.25) is 0 Å². The summed E-state index contributed by atoms with van der Waals surface area (Å²) in [4.78, 5) is 0. The number of benzene rings is 1. The Kier molecular flexibility index (Phi) is 2.97. The average molecular weight is 309 g/mol. The Hall–Kier alpha value is -0.500. The lowest BCUT2D eigenvalue weighted by atomic mass is 9.45. The third kappa shape index (κ3) is 1.89. The number of fused-ring (bicyclic) bond motifs is 2. The lowest BCUT2D eigenvalue weighted by Gasteiger charge is -2.61. The zero-order chi connectivity index (χ0) is 12.9. The summed E-state index contributed by atoms with van der Waals surface area (Å²) in [5, 5.41) is 0. The highest BCUT2D eigenvalue weighted by molar-refractivity contribution is 9.10. The van der Waals surface area contributed by atoms with Crippen LogP contribution in [0, 0.1) is 23.2 Å². The summed E-state index contributed by atoms with van der Waals surface area (Å²) in [7, 11) is 0. The zero-order valence-electron chi connectivity index (χ0n) is 11.3. The molecule has 0 aliphatic heterocycles. The first-order chi connectivity index (χ1) is 8.48. The van der Waals surface area contributed by atoms with Gasteiger partial charge in [0.2, 0.25) is 0 Å².